The molecule has 0 N–H and O–H groups in total. The maximum atomic E-state index is 13.0. The first-order chi connectivity index (χ1) is 8.11. The van der Waals surface area contributed by atoms with E-state index in [0.717, 1.165) is 0 Å². The third-order valence-corrected chi connectivity index (χ3v) is 2.95. The Morgan fingerprint density at radius 3 is 2.41 bits per heavy atom. The van der Waals surface area contributed by atoms with Crippen LogP contribution in [0.3, 0.4) is 0 Å². The van der Waals surface area contributed by atoms with Crippen LogP contribution >= 0.6 is 23.2 Å². The summed E-state index contributed by atoms with van der Waals surface area (Å²) in [5.74, 6) is -0.483. The fraction of sp³-hybridized carbons (Fsp3) is 0. The van der Waals surface area contributed by atoms with Crippen LogP contribution in [0.2, 0.25) is 10.0 Å². The van der Waals surface area contributed by atoms with Gasteiger partial charge in [-0.05, 0) is 35.9 Å². The van der Waals surface area contributed by atoms with Crippen molar-refractivity contribution in [2.75, 3.05) is 0 Å². The van der Waals surface area contributed by atoms with Crippen molar-refractivity contribution in [1.29, 1.82) is 5.26 Å². The fourth-order valence-corrected chi connectivity index (χ4v) is 1.89. The molecular formula is C13H6Cl2FN. The highest BCUT2D eigenvalue weighted by Gasteiger charge is 2.07. The molecule has 2 rings (SSSR count). The Hall–Kier alpha value is -1.56. The first kappa shape index (κ1) is 11.9. The van der Waals surface area contributed by atoms with Gasteiger partial charge in [-0.15, -0.1) is 0 Å². The van der Waals surface area contributed by atoms with Gasteiger partial charge in [0, 0.05) is 10.6 Å². The Balaban J connectivity index is 2.60. The minimum Gasteiger partial charge on any atom is -0.205 e. The largest absolute Gasteiger partial charge is 0.205 e. The molecule has 0 fully saturated rings. The Morgan fingerprint density at radius 1 is 1.00 bits per heavy atom. The van der Waals surface area contributed by atoms with Gasteiger partial charge in [-0.3, -0.25) is 0 Å². The minimum atomic E-state index is -0.483. The molecule has 1 nitrogen and oxygen atoms in total. The molecule has 0 heterocycles. The van der Waals surface area contributed by atoms with Crippen molar-refractivity contribution in [2.24, 2.45) is 0 Å². The third kappa shape index (κ3) is 2.41. The number of nitriles is 1. The Bertz CT molecular complexity index is 617. The van der Waals surface area contributed by atoms with Crippen molar-refractivity contribution in [3.05, 3.63) is 57.8 Å². The first-order valence-electron chi connectivity index (χ1n) is 4.77. The molecular weight excluding hydrogens is 260 g/mol. The Morgan fingerprint density at radius 2 is 1.76 bits per heavy atom. The monoisotopic (exact) mass is 265 g/mol. The zero-order chi connectivity index (χ0) is 12.4. The van der Waals surface area contributed by atoms with Crippen LogP contribution in [0.1, 0.15) is 5.56 Å². The molecule has 0 aliphatic carbocycles. The molecule has 84 valence electrons. The van der Waals surface area contributed by atoms with Crippen LogP contribution in [0, 0.1) is 17.1 Å². The van der Waals surface area contributed by atoms with Gasteiger partial charge in [0.15, 0.2) is 0 Å². The number of benzene rings is 2. The Labute approximate surface area is 108 Å². The van der Waals surface area contributed by atoms with Crippen molar-refractivity contribution in [2.45, 2.75) is 0 Å². The quantitative estimate of drug-likeness (QED) is 0.735. The Kier molecular flexibility index (Phi) is 3.33. The molecule has 4 heteroatoms. The second kappa shape index (κ2) is 4.75. The van der Waals surface area contributed by atoms with E-state index < -0.39 is 5.82 Å². The average Bonchev–Trinajstić information content (AvgIpc) is 2.33. The van der Waals surface area contributed by atoms with E-state index in [-0.39, 0.29) is 5.02 Å². The molecule has 0 saturated carbocycles. The van der Waals surface area contributed by atoms with Gasteiger partial charge in [0.2, 0.25) is 0 Å². The van der Waals surface area contributed by atoms with Crippen molar-refractivity contribution in [3.63, 3.8) is 0 Å². The molecule has 0 saturated heterocycles. The highest BCUT2D eigenvalue weighted by atomic mass is 35.5. The van der Waals surface area contributed by atoms with Gasteiger partial charge < -0.3 is 0 Å². The van der Waals surface area contributed by atoms with E-state index in [1.54, 1.807) is 24.3 Å². The van der Waals surface area contributed by atoms with E-state index in [0.29, 0.717) is 21.7 Å². The smallest absolute Gasteiger partial charge is 0.141 e. The summed E-state index contributed by atoms with van der Waals surface area (Å²) in [7, 11) is 0. The van der Waals surface area contributed by atoms with Crippen LogP contribution in [-0.4, -0.2) is 0 Å². The number of hydrogen-bond acceptors (Lipinski definition) is 1. The van der Waals surface area contributed by atoms with Crippen LogP contribution in [0.5, 0.6) is 0 Å². The summed E-state index contributed by atoms with van der Waals surface area (Å²) in [4.78, 5) is 0. The molecule has 2 aromatic rings. The van der Waals surface area contributed by atoms with Gasteiger partial charge in [0.25, 0.3) is 0 Å². The van der Waals surface area contributed by atoms with Gasteiger partial charge in [0.1, 0.15) is 5.82 Å². The van der Waals surface area contributed by atoms with Gasteiger partial charge in [-0.1, -0.05) is 29.3 Å². The van der Waals surface area contributed by atoms with Crippen LogP contribution in [0.25, 0.3) is 11.1 Å². The van der Waals surface area contributed by atoms with E-state index in [1.165, 1.54) is 12.1 Å². The minimum absolute atomic E-state index is 0.0286. The predicted octanol–water partition coefficient (Wildman–Crippen LogP) is 4.67. The normalized spacial score (nSPS) is 10.0. The summed E-state index contributed by atoms with van der Waals surface area (Å²) in [6.45, 7) is 0. The SMILES string of the molecule is N#Cc1ccc(Cl)c(-c2ccc(F)c(Cl)c2)c1. The summed E-state index contributed by atoms with van der Waals surface area (Å²) in [5.41, 5.74) is 1.83. The van der Waals surface area contributed by atoms with E-state index in [9.17, 15) is 4.39 Å². The van der Waals surface area contributed by atoms with E-state index >= 15 is 0 Å². The molecule has 17 heavy (non-hydrogen) atoms. The molecule has 0 spiro atoms. The molecule has 0 bridgehead atoms. The molecule has 0 aromatic heterocycles. The highest BCUT2D eigenvalue weighted by molar-refractivity contribution is 6.34. The zero-order valence-electron chi connectivity index (χ0n) is 8.55. The second-order valence-corrected chi connectivity index (χ2v) is 4.25. The molecule has 0 amide bonds. The standard InChI is InChI=1S/C13H6Cl2FN/c14-11-3-1-8(7-17)5-10(11)9-2-4-13(16)12(15)6-9/h1-6H. The second-order valence-electron chi connectivity index (χ2n) is 3.44. The van der Waals surface area contributed by atoms with Crippen molar-refractivity contribution in [1.82, 2.24) is 0 Å². The fourth-order valence-electron chi connectivity index (χ4n) is 1.48. The van der Waals surface area contributed by atoms with E-state index in [2.05, 4.69) is 0 Å². The summed E-state index contributed by atoms with van der Waals surface area (Å²) in [6, 6.07) is 11.3. The lowest BCUT2D eigenvalue weighted by atomic mass is 10.0. The molecule has 0 radical (unpaired) electrons. The lowest BCUT2D eigenvalue weighted by Gasteiger charge is -2.06. The zero-order valence-corrected chi connectivity index (χ0v) is 10.1. The van der Waals surface area contributed by atoms with Gasteiger partial charge in [-0.2, -0.15) is 5.26 Å². The lowest BCUT2D eigenvalue weighted by molar-refractivity contribution is 0.628. The summed E-state index contributed by atoms with van der Waals surface area (Å²) < 4.78 is 13.0. The number of rotatable bonds is 1. The topological polar surface area (TPSA) is 23.8 Å². The van der Waals surface area contributed by atoms with E-state index in [1.807, 2.05) is 6.07 Å². The predicted molar refractivity (Wildman–Crippen MR) is 66.6 cm³/mol. The summed E-state index contributed by atoms with van der Waals surface area (Å²) in [5, 5.41) is 9.34. The summed E-state index contributed by atoms with van der Waals surface area (Å²) in [6.07, 6.45) is 0. The van der Waals surface area contributed by atoms with Crippen LogP contribution in [-0.2, 0) is 0 Å². The lowest BCUT2D eigenvalue weighted by Crippen LogP contribution is -1.84. The maximum Gasteiger partial charge on any atom is 0.141 e. The van der Waals surface area contributed by atoms with Gasteiger partial charge >= 0.3 is 0 Å². The highest BCUT2D eigenvalue weighted by Crippen LogP contribution is 2.31. The van der Waals surface area contributed by atoms with Crippen LogP contribution < -0.4 is 0 Å². The first-order valence-corrected chi connectivity index (χ1v) is 5.52. The van der Waals surface area contributed by atoms with Crippen molar-refractivity contribution < 1.29 is 4.39 Å². The maximum absolute atomic E-state index is 13.0. The number of nitrogens with zero attached hydrogens (tertiary/aromatic N) is 1. The van der Waals surface area contributed by atoms with Gasteiger partial charge in [-0.25, -0.2) is 4.39 Å². The molecule has 0 aliphatic heterocycles. The van der Waals surface area contributed by atoms with Crippen molar-refractivity contribution in [3.8, 4) is 17.2 Å². The third-order valence-electron chi connectivity index (χ3n) is 2.33. The number of halogens is 3. The number of hydrogen-bond donors (Lipinski definition) is 0. The van der Waals surface area contributed by atoms with Crippen LogP contribution in [0.4, 0.5) is 4.39 Å². The molecule has 0 aliphatic rings. The molecule has 0 unspecified atom stereocenters. The molecule has 2 aromatic carbocycles. The summed E-state index contributed by atoms with van der Waals surface area (Å²) >= 11 is 11.7. The van der Waals surface area contributed by atoms with Gasteiger partial charge in [0.05, 0.1) is 16.7 Å². The molecule has 0 atom stereocenters. The van der Waals surface area contributed by atoms with Crippen molar-refractivity contribution >= 4 is 23.2 Å². The van der Waals surface area contributed by atoms with Crippen LogP contribution in [0.15, 0.2) is 36.4 Å². The average molecular weight is 266 g/mol. The van der Waals surface area contributed by atoms with E-state index in [4.69, 9.17) is 28.5 Å².